The van der Waals surface area contributed by atoms with Crippen LogP contribution < -0.4 is 10.8 Å². The first kappa shape index (κ1) is 31.6. The molecule has 1 unspecified atom stereocenters. The van der Waals surface area contributed by atoms with Crippen LogP contribution in [-0.4, -0.2) is 52.7 Å². The summed E-state index contributed by atoms with van der Waals surface area (Å²) in [6.07, 6.45) is 1.29. The van der Waals surface area contributed by atoms with E-state index in [0.717, 1.165) is 21.9 Å². The average Bonchev–Trinajstić information content (AvgIpc) is 2.93. The van der Waals surface area contributed by atoms with Gasteiger partial charge in [-0.25, -0.2) is 15.1 Å². The van der Waals surface area contributed by atoms with Gasteiger partial charge < -0.3 is 15.0 Å². The van der Waals surface area contributed by atoms with Gasteiger partial charge in [-0.15, -0.1) is 0 Å². The lowest BCUT2D eigenvalue weighted by Crippen LogP contribution is -2.53. The van der Waals surface area contributed by atoms with E-state index in [1.54, 1.807) is 31.2 Å². The van der Waals surface area contributed by atoms with Crippen LogP contribution in [0.5, 0.6) is 0 Å². The summed E-state index contributed by atoms with van der Waals surface area (Å²) in [5.41, 5.74) is 2.97. The Morgan fingerprint density at radius 1 is 0.878 bits per heavy atom. The van der Waals surface area contributed by atoms with Crippen molar-refractivity contribution in [2.24, 2.45) is 11.8 Å². The van der Waals surface area contributed by atoms with E-state index in [2.05, 4.69) is 5.32 Å². The number of ether oxygens (including phenoxy) is 1. The van der Waals surface area contributed by atoms with Crippen molar-refractivity contribution in [1.82, 2.24) is 15.7 Å². The van der Waals surface area contributed by atoms with Crippen molar-refractivity contribution in [2.45, 2.75) is 65.5 Å². The summed E-state index contributed by atoms with van der Waals surface area (Å²) in [4.78, 5) is 41.2. The van der Waals surface area contributed by atoms with Gasteiger partial charge in [0.05, 0.1) is 5.92 Å². The fourth-order valence-electron chi connectivity index (χ4n) is 4.74. The van der Waals surface area contributed by atoms with Gasteiger partial charge in [-0.05, 0) is 61.4 Å². The number of hydrogen-bond acceptors (Lipinski definition) is 5. The summed E-state index contributed by atoms with van der Waals surface area (Å²) in [5, 5.41) is 14.4. The maximum absolute atomic E-state index is 13.7. The number of benzene rings is 3. The van der Waals surface area contributed by atoms with Gasteiger partial charge >= 0.3 is 12.0 Å². The number of nitrogens with one attached hydrogen (secondary N) is 2. The molecule has 0 saturated carbocycles. The molecule has 41 heavy (non-hydrogen) atoms. The fourth-order valence-corrected chi connectivity index (χ4v) is 4.74. The number of hydrogen-bond donors (Lipinski definition) is 3. The zero-order valence-corrected chi connectivity index (χ0v) is 24.7. The van der Waals surface area contributed by atoms with Crippen molar-refractivity contribution in [1.29, 1.82) is 0 Å². The third-order valence-electron chi connectivity index (χ3n) is 6.66. The maximum atomic E-state index is 13.7. The summed E-state index contributed by atoms with van der Waals surface area (Å²) >= 11 is 0. The first-order valence-corrected chi connectivity index (χ1v) is 14.2. The van der Waals surface area contributed by atoms with Crippen molar-refractivity contribution in [3.8, 4) is 0 Å². The molecule has 0 fully saturated rings. The van der Waals surface area contributed by atoms with Gasteiger partial charge in [0, 0.05) is 19.5 Å². The third-order valence-corrected chi connectivity index (χ3v) is 6.66. The second kappa shape index (κ2) is 14.6. The lowest BCUT2D eigenvalue weighted by Gasteiger charge is -2.31. The van der Waals surface area contributed by atoms with Crippen molar-refractivity contribution in [3.63, 3.8) is 0 Å². The highest BCUT2D eigenvalue weighted by Gasteiger charge is 2.31. The average molecular weight is 562 g/mol. The number of esters is 1. The molecular formula is C33H43N3O5. The Labute approximate surface area is 243 Å². The van der Waals surface area contributed by atoms with Crippen LogP contribution in [0.25, 0.3) is 10.8 Å². The summed E-state index contributed by atoms with van der Waals surface area (Å²) < 4.78 is 5.68. The molecule has 0 aromatic heterocycles. The van der Waals surface area contributed by atoms with Crippen molar-refractivity contribution >= 4 is 28.7 Å². The SMILES string of the molecule is CC(C)CN(CC(CCc1ccccc1)C(=O)NO)C(=O)N[C@@H](Cc1ccc2ccccc2c1)C(=O)OC(C)(C)C. The van der Waals surface area contributed by atoms with Gasteiger partial charge in [-0.1, -0.05) is 86.6 Å². The predicted octanol–water partition coefficient (Wildman–Crippen LogP) is 5.51. The van der Waals surface area contributed by atoms with Crippen molar-refractivity contribution in [2.75, 3.05) is 13.1 Å². The number of amides is 3. The van der Waals surface area contributed by atoms with E-state index in [1.807, 2.05) is 86.6 Å². The number of carbonyl (C=O) groups is 3. The molecule has 2 atom stereocenters. The summed E-state index contributed by atoms with van der Waals surface area (Å²) in [6.45, 7) is 9.77. The largest absolute Gasteiger partial charge is 0.458 e. The van der Waals surface area contributed by atoms with Crippen LogP contribution in [0.15, 0.2) is 72.8 Å². The van der Waals surface area contributed by atoms with E-state index in [9.17, 15) is 19.6 Å². The van der Waals surface area contributed by atoms with E-state index >= 15 is 0 Å². The van der Waals surface area contributed by atoms with E-state index in [0.29, 0.717) is 19.4 Å². The Hall–Kier alpha value is -3.91. The van der Waals surface area contributed by atoms with Gasteiger partial charge in [0.2, 0.25) is 5.91 Å². The molecule has 0 saturated heterocycles. The fraction of sp³-hybridized carbons (Fsp3) is 0.424. The summed E-state index contributed by atoms with van der Waals surface area (Å²) in [6, 6.07) is 22.2. The molecule has 0 spiro atoms. The Morgan fingerprint density at radius 3 is 2.17 bits per heavy atom. The highest BCUT2D eigenvalue weighted by Crippen LogP contribution is 2.19. The normalized spacial score (nSPS) is 13.0. The minimum atomic E-state index is -0.938. The second-order valence-electron chi connectivity index (χ2n) is 11.9. The van der Waals surface area contributed by atoms with Crippen LogP contribution in [-0.2, 0) is 27.2 Å². The van der Waals surface area contributed by atoms with Gasteiger partial charge in [-0.2, -0.15) is 0 Å². The van der Waals surface area contributed by atoms with Crippen molar-refractivity contribution < 1.29 is 24.3 Å². The number of rotatable bonds is 12. The van der Waals surface area contributed by atoms with Gasteiger partial charge in [0.15, 0.2) is 0 Å². The quantitative estimate of drug-likeness (QED) is 0.153. The van der Waals surface area contributed by atoms with Crippen molar-refractivity contribution in [3.05, 3.63) is 83.9 Å². The Bertz CT molecular complexity index is 1300. The lowest BCUT2D eigenvalue weighted by atomic mass is 9.97. The molecule has 3 aromatic rings. The summed E-state index contributed by atoms with van der Waals surface area (Å²) in [7, 11) is 0. The smallest absolute Gasteiger partial charge is 0.329 e. The third kappa shape index (κ3) is 10.2. The minimum absolute atomic E-state index is 0.0836. The van der Waals surface area contributed by atoms with Gasteiger partial charge in [-0.3, -0.25) is 10.0 Å². The molecule has 0 bridgehead atoms. The number of carbonyl (C=O) groups excluding carboxylic acids is 3. The lowest BCUT2D eigenvalue weighted by molar-refractivity contribution is -0.157. The number of urea groups is 1. The molecule has 0 radical (unpaired) electrons. The maximum Gasteiger partial charge on any atom is 0.329 e. The Balaban J connectivity index is 1.82. The predicted molar refractivity (Wildman–Crippen MR) is 160 cm³/mol. The van der Waals surface area contributed by atoms with E-state index < -0.39 is 35.5 Å². The minimum Gasteiger partial charge on any atom is -0.458 e. The molecule has 0 aliphatic rings. The molecule has 8 nitrogen and oxygen atoms in total. The second-order valence-corrected chi connectivity index (χ2v) is 11.9. The molecule has 220 valence electrons. The Kier molecular flexibility index (Phi) is 11.3. The monoisotopic (exact) mass is 561 g/mol. The highest BCUT2D eigenvalue weighted by atomic mass is 16.6. The molecule has 0 heterocycles. The van der Waals surface area contributed by atoms with Crippen LogP contribution >= 0.6 is 0 Å². The molecule has 8 heteroatoms. The molecule has 3 aromatic carbocycles. The first-order valence-electron chi connectivity index (χ1n) is 14.2. The van der Waals surface area contributed by atoms with Crippen LogP contribution in [0, 0.1) is 11.8 Å². The van der Waals surface area contributed by atoms with E-state index in [4.69, 9.17) is 4.74 Å². The molecule has 0 aliphatic carbocycles. The van der Waals surface area contributed by atoms with Gasteiger partial charge in [0.1, 0.15) is 11.6 Å². The van der Waals surface area contributed by atoms with Crippen LogP contribution in [0.4, 0.5) is 4.79 Å². The van der Waals surface area contributed by atoms with E-state index in [-0.39, 0.29) is 18.9 Å². The molecule has 3 rings (SSSR count). The first-order chi connectivity index (χ1) is 19.4. The summed E-state index contributed by atoms with van der Waals surface area (Å²) in [5.74, 6) is -1.63. The van der Waals surface area contributed by atoms with E-state index in [1.165, 1.54) is 0 Å². The number of fused-ring (bicyclic) bond motifs is 1. The standard InChI is InChI=1S/C33H43N3O5/c1-23(2)21-36(22-28(30(37)35-40)18-15-24-11-7-6-8-12-24)32(39)34-29(31(38)41-33(3,4)5)20-25-16-17-26-13-9-10-14-27(26)19-25/h6-14,16-17,19,23,28-29,40H,15,18,20-22H2,1-5H3,(H,34,39)(H,35,37)/t28?,29-/m0/s1. The highest BCUT2D eigenvalue weighted by molar-refractivity contribution is 5.86. The van der Waals surface area contributed by atoms with Gasteiger partial charge in [0.25, 0.3) is 0 Å². The Morgan fingerprint density at radius 2 is 1.54 bits per heavy atom. The van der Waals surface area contributed by atoms with Crippen LogP contribution in [0.1, 0.15) is 52.2 Å². The van der Waals surface area contributed by atoms with Crippen LogP contribution in [0.3, 0.4) is 0 Å². The molecule has 3 N–H and O–H groups in total. The zero-order chi connectivity index (χ0) is 30.0. The number of aryl methyl sites for hydroxylation is 1. The van der Waals surface area contributed by atoms with Crippen LogP contribution in [0.2, 0.25) is 0 Å². The molecule has 0 aliphatic heterocycles. The molecule has 3 amide bonds. The topological polar surface area (TPSA) is 108 Å². The number of nitrogens with zero attached hydrogens (tertiary/aromatic N) is 1. The molecular weight excluding hydrogens is 518 g/mol. The zero-order valence-electron chi connectivity index (χ0n) is 24.7. The number of hydroxylamine groups is 1.